The van der Waals surface area contributed by atoms with Crippen LogP contribution >= 0.6 is 11.3 Å². The van der Waals surface area contributed by atoms with Crippen molar-refractivity contribution < 1.29 is 19.1 Å². The molecule has 1 heterocycles. The number of rotatable bonds is 3. The molecule has 1 aromatic rings. The standard InChI is InChI=1S/C13H20N2O4S/c1-7(14-12(17)19-13(3,4)5)10-15-9(8(2)20-10)11(16)18-6/h7H,1-6H3,(H,14,17)/t7-/m1/s1. The SMILES string of the molecule is COC(=O)c1nc([C@@H](C)NC(=O)OC(C)(C)C)sc1C. The Morgan fingerprint density at radius 2 is 1.95 bits per heavy atom. The van der Waals surface area contributed by atoms with Crippen LogP contribution in [0.4, 0.5) is 4.79 Å². The van der Waals surface area contributed by atoms with Gasteiger partial charge in [-0.1, -0.05) is 0 Å². The highest BCUT2D eigenvalue weighted by Crippen LogP contribution is 2.24. The fourth-order valence-corrected chi connectivity index (χ4v) is 2.35. The lowest BCUT2D eigenvalue weighted by atomic mass is 10.2. The lowest BCUT2D eigenvalue weighted by Gasteiger charge is -2.21. The summed E-state index contributed by atoms with van der Waals surface area (Å²) in [4.78, 5) is 28.1. The first-order chi connectivity index (χ1) is 9.14. The minimum absolute atomic E-state index is 0.283. The summed E-state index contributed by atoms with van der Waals surface area (Å²) >= 11 is 1.34. The average Bonchev–Trinajstić information content (AvgIpc) is 2.67. The molecule has 0 aliphatic heterocycles. The molecule has 0 saturated carbocycles. The van der Waals surface area contributed by atoms with E-state index < -0.39 is 17.7 Å². The van der Waals surface area contributed by atoms with Gasteiger partial charge in [0.15, 0.2) is 5.69 Å². The molecule has 20 heavy (non-hydrogen) atoms. The molecule has 0 spiro atoms. The van der Waals surface area contributed by atoms with Crippen LogP contribution in [-0.2, 0) is 9.47 Å². The van der Waals surface area contributed by atoms with Gasteiger partial charge in [0, 0.05) is 4.88 Å². The Labute approximate surface area is 122 Å². The summed E-state index contributed by atoms with van der Waals surface area (Å²) in [6, 6.07) is -0.341. The molecule has 0 aliphatic carbocycles. The summed E-state index contributed by atoms with van der Waals surface area (Å²) in [5.41, 5.74) is -0.273. The lowest BCUT2D eigenvalue weighted by molar-refractivity contribution is 0.0507. The van der Waals surface area contributed by atoms with Gasteiger partial charge in [-0.2, -0.15) is 0 Å². The minimum atomic E-state index is -0.556. The molecule has 0 aliphatic rings. The normalized spacial score (nSPS) is 12.7. The number of esters is 1. The van der Waals surface area contributed by atoms with Gasteiger partial charge in [0.25, 0.3) is 0 Å². The van der Waals surface area contributed by atoms with Crippen molar-refractivity contribution in [3.8, 4) is 0 Å². The topological polar surface area (TPSA) is 77.5 Å². The van der Waals surface area contributed by atoms with Gasteiger partial charge >= 0.3 is 12.1 Å². The lowest BCUT2D eigenvalue weighted by Crippen LogP contribution is -2.34. The van der Waals surface area contributed by atoms with E-state index in [1.54, 1.807) is 34.6 Å². The molecule has 0 bridgehead atoms. The number of methoxy groups -OCH3 is 1. The van der Waals surface area contributed by atoms with Gasteiger partial charge in [-0.05, 0) is 34.6 Å². The quantitative estimate of drug-likeness (QED) is 0.868. The predicted octanol–water partition coefficient (Wildman–Crippen LogP) is 2.82. The Hall–Kier alpha value is -1.63. The van der Waals surface area contributed by atoms with Crippen LogP contribution in [0.1, 0.15) is 54.1 Å². The number of hydrogen-bond acceptors (Lipinski definition) is 6. The van der Waals surface area contributed by atoms with Gasteiger partial charge in [-0.15, -0.1) is 11.3 Å². The van der Waals surface area contributed by atoms with E-state index in [9.17, 15) is 9.59 Å². The summed E-state index contributed by atoms with van der Waals surface area (Å²) in [7, 11) is 1.31. The van der Waals surface area contributed by atoms with Crippen LogP contribution < -0.4 is 5.32 Å². The van der Waals surface area contributed by atoms with Crippen LogP contribution in [0.15, 0.2) is 0 Å². The van der Waals surface area contributed by atoms with Crippen molar-refractivity contribution in [2.75, 3.05) is 7.11 Å². The average molecular weight is 300 g/mol. The molecule has 0 radical (unpaired) electrons. The number of aromatic nitrogens is 1. The molecule has 1 atom stereocenters. The van der Waals surface area contributed by atoms with Crippen LogP contribution in [0.2, 0.25) is 0 Å². The minimum Gasteiger partial charge on any atom is -0.464 e. The summed E-state index contributed by atoms with van der Waals surface area (Å²) in [5, 5.41) is 3.32. The van der Waals surface area contributed by atoms with Crippen molar-refractivity contribution in [1.29, 1.82) is 0 Å². The van der Waals surface area contributed by atoms with Crippen molar-refractivity contribution in [2.45, 2.75) is 46.3 Å². The molecule has 1 aromatic heterocycles. The van der Waals surface area contributed by atoms with Crippen molar-refractivity contribution in [3.63, 3.8) is 0 Å². The van der Waals surface area contributed by atoms with Crippen molar-refractivity contribution >= 4 is 23.4 Å². The molecule has 0 unspecified atom stereocenters. The Bertz CT molecular complexity index is 505. The number of aryl methyl sites for hydroxylation is 1. The first kappa shape index (κ1) is 16.4. The zero-order valence-corrected chi connectivity index (χ0v) is 13.4. The van der Waals surface area contributed by atoms with Crippen molar-refractivity contribution in [1.82, 2.24) is 10.3 Å². The largest absolute Gasteiger partial charge is 0.464 e. The van der Waals surface area contributed by atoms with Gasteiger partial charge in [0.2, 0.25) is 0 Å². The molecule has 112 valence electrons. The molecular formula is C13H20N2O4S. The second kappa shape index (κ2) is 6.21. The molecule has 1 amide bonds. The van der Waals surface area contributed by atoms with E-state index in [0.29, 0.717) is 5.01 Å². The van der Waals surface area contributed by atoms with E-state index in [1.165, 1.54) is 18.4 Å². The Kier molecular flexibility index (Phi) is 5.10. The smallest absolute Gasteiger partial charge is 0.408 e. The van der Waals surface area contributed by atoms with Gasteiger partial charge in [0.1, 0.15) is 10.6 Å². The zero-order valence-electron chi connectivity index (χ0n) is 12.6. The van der Waals surface area contributed by atoms with E-state index in [-0.39, 0.29) is 11.7 Å². The summed E-state index contributed by atoms with van der Waals surface area (Å²) in [6.07, 6.45) is -0.516. The van der Waals surface area contributed by atoms with E-state index >= 15 is 0 Å². The molecule has 6 nitrogen and oxygen atoms in total. The van der Waals surface area contributed by atoms with E-state index in [0.717, 1.165) is 4.88 Å². The second-order valence-electron chi connectivity index (χ2n) is 5.32. The second-order valence-corrected chi connectivity index (χ2v) is 6.55. The number of carbonyl (C=O) groups is 2. The number of ether oxygens (including phenoxy) is 2. The number of nitrogens with one attached hydrogen (secondary N) is 1. The number of carbonyl (C=O) groups excluding carboxylic acids is 2. The van der Waals surface area contributed by atoms with Crippen LogP contribution in [-0.4, -0.2) is 29.8 Å². The zero-order chi connectivity index (χ0) is 15.5. The third kappa shape index (κ3) is 4.48. The maximum Gasteiger partial charge on any atom is 0.408 e. The fourth-order valence-electron chi connectivity index (χ4n) is 1.43. The summed E-state index contributed by atoms with van der Waals surface area (Å²) in [6.45, 7) is 8.94. The van der Waals surface area contributed by atoms with E-state index in [4.69, 9.17) is 4.74 Å². The Morgan fingerprint density at radius 3 is 2.45 bits per heavy atom. The number of alkyl carbamates (subject to hydrolysis) is 1. The van der Waals surface area contributed by atoms with E-state index in [2.05, 4.69) is 15.0 Å². The number of amides is 1. The fraction of sp³-hybridized carbons (Fsp3) is 0.615. The maximum atomic E-state index is 11.7. The van der Waals surface area contributed by atoms with Crippen molar-refractivity contribution in [2.24, 2.45) is 0 Å². The molecule has 0 saturated heterocycles. The Morgan fingerprint density at radius 1 is 1.35 bits per heavy atom. The highest BCUT2D eigenvalue weighted by Gasteiger charge is 2.22. The first-order valence-electron chi connectivity index (χ1n) is 6.19. The van der Waals surface area contributed by atoms with Crippen LogP contribution in [0.5, 0.6) is 0 Å². The van der Waals surface area contributed by atoms with Gasteiger partial charge in [-0.3, -0.25) is 0 Å². The molecule has 1 N–H and O–H groups in total. The number of thiazole rings is 1. The van der Waals surface area contributed by atoms with Crippen LogP contribution in [0, 0.1) is 6.92 Å². The van der Waals surface area contributed by atoms with Gasteiger partial charge in [0.05, 0.1) is 13.2 Å². The molecule has 1 rings (SSSR count). The van der Waals surface area contributed by atoms with Gasteiger partial charge in [-0.25, -0.2) is 14.6 Å². The maximum absolute atomic E-state index is 11.7. The predicted molar refractivity (Wildman–Crippen MR) is 76.0 cm³/mol. The van der Waals surface area contributed by atoms with Crippen molar-refractivity contribution in [3.05, 3.63) is 15.6 Å². The highest BCUT2D eigenvalue weighted by molar-refractivity contribution is 7.11. The summed E-state index contributed by atoms with van der Waals surface area (Å²) in [5.74, 6) is -0.477. The summed E-state index contributed by atoms with van der Waals surface area (Å²) < 4.78 is 9.82. The van der Waals surface area contributed by atoms with Crippen LogP contribution in [0.25, 0.3) is 0 Å². The van der Waals surface area contributed by atoms with Gasteiger partial charge < -0.3 is 14.8 Å². The molecule has 7 heteroatoms. The molecular weight excluding hydrogens is 280 g/mol. The highest BCUT2D eigenvalue weighted by atomic mass is 32.1. The van der Waals surface area contributed by atoms with Crippen LogP contribution in [0.3, 0.4) is 0 Å². The third-order valence-corrected chi connectivity index (χ3v) is 3.45. The third-order valence-electron chi connectivity index (χ3n) is 2.30. The van der Waals surface area contributed by atoms with E-state index in [1.807, 2.05) is 0 Å². The number of nitrogens with zero attached hydrogens (tertiary/aromatic N) is 1. The molecule has 0 aromatic carbocycles. The first-order valence-corrected chi connectivity index (χ1v) is 7.01. The number of hydrogen-bond donors (Lipinski definition) is 1. The molecule has 0 fully saturated rings. The Balaban J connectivity index is 2.76. The monoisotopic (exact) mass is 300 g/mol.